The summed E-state index contributed by atoms with van der Waals surface area (Å²) in [4.78, 5) is 4.60. The zero-order chi connectivity index (χ0) is 14.0. The summed E-state index contributed by atoms with van der Waals surface area (Å²) >= 11 is 0. The molecule has 0 bridgehead atoms. The van der Waals surface area contributed by atoms with Gasteiger partial charge in [0.05, 0.1) is 0 Å². The Labute approximate surface area is 117 Å². The van der Waals surface area contributed by atoms with Crippen LogP contribution in [0.25, 0.3) is 0 Å². The van der Waals surface area contributed by atoms with E-state index in [0.29, 0.717) is 18.0 Å². The maximum Gasteiger partial charge on any atom is 0.0381 e. The normalized spacial score (nSPS) is 28.2. The number of rotatable bonds is 3. The van der Waals surface area contributed by atoms with Crippen molar-refractivity contribution in [3.05, 3.63) is 24.3 Å². The zero-order valence-electron chi connectivity index (χ0n) is 12.9. The molecular formula is C16H27N3. The number of nitrogens with one attached hydrogen (secondary N) is 1. The standard InChI is InChI=1S/C16H27N3/c1-12-11-19(5)13(2)9-16(12)17-14-7-6-8-15(10-14)18(3)4/h6-8,10,12-13,16-17H,9,11H2,1-5H3. The van der Waals surface area contributed by atoms with E-state index in [1.165, 1.54) is 24.3 Å². The van der Waals surface area contributed by atoms with Crippen molar-refractivity contribution < 1.29 is 0 Å². The second-order valence-corrected chi connectivity index (χ2v) is 6.20. The molecule has 0 spiro atoms. The van der Waals surface area contributed by atoms with E-state index in [-0.39, 0.29) is 0 Å². The van der Waals surface area contributed by atoms with Gasteiger partial charge in [0.25, 0.3) is 0 Å². The van der Waals surface area contributed by atoms with Crippen LogP contribution in [0.1, 0.15) is 20.3 Å². The van der Waals surface area contributed by atoms with Gasteiger partial charge in [-0.05, 0) is 44.5 Å². The second kappa shape index (κ2) is 5.83. The molecule has 19 heavy (non-hydrogen) atoms. The molecule has 1 saturated heterocycles. The lowest BCUT2D eigenvalue weighted by Gasteiger charge is -2.40. The third kappa shape index (κ3) is 3.41. The average molecular weight is 261 g/mol. The molecule has 0 saturated carbocycles. The van der Waals surface area contributed by atoms with Crippen LogP contribution in [0.3, 0.4) is 0 Å². The zero-order valence-corrected chi connectivity index (χ0v) is 12.9. The Morgan fingerprint density at radius 3 is 2.68 bits per heavy atom. The van der Waals surface area contributed by atoms with Crippen LogP contribution in [0.5, 0.6) is 0 Å². The Hall–Kier alpha value is -1.22. The highest BCUT2D eigenvalue weighted by Crippen LogP contribution is 2.25. The number of piperidine rings is 1. The van der Waals surface area contributed by atoms with Gasteiger partial charge in [0, 0.05) is 44.1 Å². The van der Waals surface area contributed by atoms with E-state index < -0.39 is 0 Å². The number of hydrogen-bond acceptors (Lipinski definition) is 3. The van der Waals surface area contributed by atoms with Crippen LogP contribution in [0.15, 0.2) is 24.3 Å². The SMILES string of the molecule is CC1CN(C)C(C)CC1Nc1cccc(N(C)C)c1. The van der Waals surface area contributed by atoms with Gasteiger partial charge in [0.2, 0.25) is 0 Å². The molecule has 0 aromatic heterocycles. The fourth-order valence-corrected chi connectivity index (χ4v) is 2.83. The van der Waals surface area contributed by atoms with Crippen molar-refractivity contribution in [3.8, 4) is 0 Å². The van der Waals surface area contributed by atoms with Gasteiger partial charge in [0.15, 0.2) is 0 Å². The van der Waals surface area contributed by atoms with Crippen LogP contribution in [-0.2, 0) is 0 Å². The number of hydrogen-bond donors (Lipinski definition) is 1. The molecule has 0 radical (unpaired) electrons. The molecule has 1 aromatic rings. The van der Waals surface area contributed by atoms with Crippen molar-refractivity contribution in [1.82, 2.24) is 4.90 Å². The van der Waals surface area contributed by atoms with Crippen LogP contribution >= 0.6 is 0 Å². The van der Waals surface area contributed by atoms with Gasteiger partial charge in [-0.25, -0.2) is 0 Å². The van der Waals surface area contributed by atoms with Gasteiger partial charge >= 0.3 is 0 Å². The van der Waals surface area contributed by atoms with Crippen molar-refractivity contribution in [3.63, 3.8) is 0 Å². The summed E-state index contributed by atoms with van der Waals surface area (Å²) in [7, 11) is 6.39. The lowest BCUT2D eigenvalue weighted by molar-refractivity contribution is 0.145. The summed E-state index contributed by atoms with van der Waals surface area (Å²) in [5.74, 6) is 0.684. The highest BCUT2D eigenvalue weighted by Gasteiger charge is 2.28. The van der Waals surface area contributed by atoms with Crippen molar-refractivity contribution in [1.29, 1.82) is 0 Å². The van der Waals surface area contributed by atoms with Gasteiger partial charge in [-0.15, -0.1) is 0 Å². The summed E-state index contributed by atoms with van der Waals surface area (Å²) in [5, 5.41) is 3.72. The van der Waals surface area contributed by atoms with Crippen LogP contribution in [0.4, 0.5) is 11.4 Å². The first-order valence-corrected chi connectivity index (χ1v) is 7.21. The van der Waals surface area contributed by atoms with E-state index in [9.17, 15) is 0 Å². The Kier molecular flexibility index (Phi) is 4.35. The minimum absolute atomic E-state index is 0.573. The van der Waals surface area contributed by atoms with E-state index in [1.807, 2.05) is 0 Å². The molecule has 3 unspecified atom stereocenters. The molecule has 1 N–H and O–H groups in total. The number of anilines is 2. The lowest BCUT2D eigenvalue weighted by atomic mass is 9.89. The maximum atomic E-state index is 3.72. The quantitative estimate of drug-likeness (QED) is 0.902. The first kappa shape index (κ1) is 14.2. The number of likely N-dealkylation sites (tertiary alicyclic amines) is 1. The van der Waals surface area contributed by atoms with E-state index in [2.05, 4.69) is 74.4 Å². The molecule has 0 amide bonds. The lowest BCUT2D eigenvalue weighted by Crippen LogP contribution is -2.48. The van der Waals surface area contributed by atoms with E-state index in [0.717, 1.165) is 0 Å². The highest BCUT2D eigenvalue weighted by molar-refractivity contribution is 5.57. The molecule has 106 valence electrons. The van der Waals surface area contributed by atoms with Crippen LogP contribution in [0, 0.1) is 5.92 Å². The predicted molar refractivity (Wildman–Crippen MR) is 84.1 cm³/mol. The van der Waals surface area contributed by atoms with Crippen molar-refractivity contribution in [2.75, 3.05) is 37.9 Å². The maximum absolute atomic E-state index is 3.72. The Balaban J connectivity index is 2.06. The molecule has 1 aliphatic rings. The molecule has 3 atom stereocenters. The third-order valence-corrected chi connectivity index (χ3v) is 4.32. The highest BCUT2D eigenvalue weighted by atomic mass is 15.2. The van der Waals surface area contributed by atoms with Gasteiger partial charge < -0.3 is 15.1 Å². The van der Waals surface area contributed by atoms with Crippen molar-refractivity contribution in [2.24, 2.45) is 5.92 Å². The summed E-state index contributed by atoms with van der Waals surface area (Å²) in [6.07, 6.45) is 1.21. The van der Waals surface area contributed by atoms with Gasteiger partial charge in [-0.3, -0.25) is 0 Å². The molecule has 3 nitrogen and oxygen atoms in total. The average Bonchev–Trinajstić information content (AvgIpc) is 2.36. The minimum Gasteiger partial charge on any atom is -0.382 e. The number of benzene rings is 1. The molecule has 1 aliphatic heterocycles. The summed E-state index contributed by atoms with van der Waals surface area (Å²) in [6, 6.07) is 9.90. The molecule has 0 aliphatic carbocycles. The predicted octanol–water partition coefficient (Wildman–Crippen LogP) is 2.89. The number of nitrogens with zero attached hydrogens (tertiary/aromatic N) is 2. The summed E-state index contributed by atoms with van der Waals surface area (Å²) < 4.78 is 0. The van der Waals surface area contributed by atoms with Gasteiger partial charge in [-0.2, -0.15) is 0 Å². The smallest absolute Gasteiger partial charge is 0.0381 e. The summed E-state index contributed by atoms with van der Waals surface area (Å²) in [5.41, 5.74) is 2.48. The van der Waals surface area contributed by atoms with E-state index in [4.69, 9.17) is 0 Å². The first-order valence-electron chi connectivity index (χ1n) is 7.21. The second-order valence-electron chi connectivity index (χ2n) is 6.20. The third-order valence-electron chi connectivity index (χ3n) is 4.32. The van der Waals surface area contributed by atoms with Gasteiger partial charge in [-0.1, -0.05) is 13.0 Å². The molecule has 1 aromatic carbocycles. The van der Waals surface area contributed by atoms with Gasteiger partial charge in [0.1, 0.15) is 0 Å². The fraction of sp³-hybridized carbons (Fsp3) is 0.625. The molecule has 1 fully saturated rings. The fourth-order valence-electron chi connectivity index (χ4n) is 2.83. The van der Waals surface area contributed by atoms with E-state index in [1.54, 1.807) is 0 Å². The summed E-state index contributed by atoms with van der Waals surface area (Å²) in [6.45, 7) is 5.83. The topological polar surface area (TPSA) is 18.5 Å². The largest absolute Gasteiger partial charge is 0.382 e. The van der Waals surface area contributed by atoms with Crippen LogP contribution in [0.2, 0.25) is 0 Å². The van der Waals surface area contributed by atoms with E-state index >= 15 is 0 Å². The Morgan fingerprint density at radius 1 is 1.26 bits per heavy atom. The first-order chi connectivity index (χ1) is 8.97. The van der Waals surface area contributed by atoms with Crippen molar-refractivity contribution in [2.45, 2.75) is 32.4 Å². The van der Waals surface area contributed by atoms with Crippen LogP contribution < -0.4 is 10.2 Å². The minimum atomic E-state index is 0.573. The van der Waals surface area contributed by atoms with Crippen LogP contribution in [-0.4, -0.2) is 44.7 Å². The molecule has 3 heteroatoms. The molecular weight excluding hydrogens is 234 g/mol. The molecule has 2 rings (SSSR count). The van der Waals surface area contributed by atoms with Crippen molar-refractivity contribution >= 4 is 11.4 Å². The monoisotopic (exact) mass is 261 g/mol. The Morgan fingerprint density at radius 2 is 2.00 bits per heavy atom. The molecule has 1 heterocycles. The Bertz CT molecular complexity index is 416.